The van der Waals surface area contributed by atoms with Gasteiger partial charge in [0.15, 0.2) is 5.90 Å². The Bertz CT molecular complexity index is 268. The van der Waals surface area contributed by atoms with E-state index in [-0.39, 0.29) is 139 Å². The molecule has 0 saturated carbocycles. The molecule has 5 atom stereocenters. The zero-order valence-electron chi connectivity index (χ0n) is 9.43. The summed E-state index contributed by atoms with van der Waals surface area (Å²) >= 11 is 0. The molecule has 17 heavy (non-hydrogen) atoms. The summed E-state index contributed by atoms with van der Waals surface area (Å²) in [5, 5.41) is 28.0. The van der Waals surface area contributed by atoms with Gasteiger partial charge in [-0.3, -0.25) is 0 Å². The van der Waals surface area contributed by atoms with Gasteiger partial charge in [0.2, 0.25) is 6.29 Å². The van der Waals surface area contributed by atoms with Crippen LogP contribution in [-0.4, -0.2) is 58.5 Å². The fourth-order valence-corrected chi connectivity index (χ4v) is 1.71. The van der Waals surface area contributed by atoms with Crippen molar-refractivity contribution in [3.05, 3.63) is 0 Å². The van der Waals surface area contributed by atoms with Crippen molar-refractivity contribution in [1.82, 2.24) is 0 Å². The number of hydrogen-bond acceptors (Lipinski definition) is 6. The van der Waals surface area contributed by atoms with E-state index in [1.807, 2.05) is 0 Å². The van der Waals surface area contributed by atoms with Gasteiger partial charge in [-0.25, -0.2) is 4.99 Å². The second-order valence-corrected chi connectivity index (χ2v) is 3.46. The second-order valence-electron chi connectivity index (χ2n) is 3.46. The summed E-state index contributed by atoms with van der Waals surface area (Å²) in [6.07, 6.45) is -3.68. The van der Waals surface area contributed by atoms with Crippen molar-refractivity contribution in [2.24, 2.45) is 4.99 Å². The van der Waals surface area contributed by atoms with Crippen molar-refractivity contribution < 1.29 is 157 Å². The van der Waals surface area contributed by atoms with Crippen LogP contribution in [0.2, 0.25) is 0 Å². The van der Waals surface area contributed by atoms with Gasteiger partial charge in [-0.2, -0.15) is 0 Å². The van der Waals surface area contributed by atoms with E-state index >= 15 is 0 Å². The molecule has 89 valence electrons. The molecular weight excluding hydrogens is 871 g/mol. The first-order valence-electron chi connectivity index (χ1n) is 4.47. The fraction of sp³-hybridized carbons (Fsp3) is 0.875. The predicted molar refractivity (Wildman–Crippen MR) is 45.7 cm³/mol. The van der Waals surface area contributed by atoms with E-state index in [9.17, 15) is 10.2 Å². The van der Waals surface area contributed by atoms with Crippen LogP contribution in [0.4, 0.5) is 0 Å². The first-order chi connectivity index (χ1) is 6.63. The summed E-state index contributed by atoms with van der Waals surface area (Å²) in [4.78, 5) is 3.99. The van der Waals surface area contributed by atoms with Crippen molar-refractivity contribution >= 4 is 5.90 Å². The SMILES string of the molecule is CC1=NC2C(O1)OC(CO)C(O)C2O.[Ac].[Ac].[Ac]. The smallest absolute Gasteiger partial charge is 0.227 e. The molecule has 2 aliphatic rings. The number of fused-ring (bicyclic) bond motifs is 1. The van der Waals surface area contributed by atoms with Gasteiger partial charge in [-0.1, -0.05) is 0 Å². The molecule has 6 nitrogen and oxygen atoms in total. The molecule has 2 heterocycles. The third-order valence-electron chi connectivity index (χ3n) is 2.47. The Hall–Kier alpha value is 3.63. The van der Waals surface area contributed by atoms with Crippen LogP contribution in [0, 0.1) is 132 Å². The van der Waals surface area contributed by atoms with Crippen LogP contribution in [0.25, 0.3) is 0 Å². The van der Waals surface area contributed by atoms with Crippen LogP contribution < -0.4 is 0 Å². The summed E-state index contributed by atoms with van der Waals surface area (Å²) in [5.41, 5.74) is 0. The maximum absolute atomic E-state index is 9.64. The van der Waals surface area contributed by atoms with Gasteiger partial charge in [0.1, 0.15) is 24.4 Å². The monoisotopic (exact) mass is 884 g/mol. The number of aliphatic imine (C=N–C) groups is 1. The molecule has 0 aliphatic carbocycles. The molecule has 1 saturated heterocycles. The molecule has 3 N–H and O–H groups in total. The average molecular weight is 884 g/mol. The number of rotatable bonds is 1. The minimum atomic E-state index is -1.13. The first kappa shape index (κ1) is 22.9. The van der Waals surface area contributed by atoms with Gasteiger partial charge < -0.3 is 24.8 Å². The number of nitrogens with zero attached hydrogens (tertiary/aromatic N) is 1. The molecule has 0 aromatic rings. The minimum absolute atomic E-state index is 0. The van der Waals surface area contributed by atoms with Crippen LogP contribution in [0.5, 0.6) is 0 Å². The Labute approximate surface area is 207 Å². The molecule has 1 fully saturated rings. The first-order valence-corrected chi connectivity index (χ1v) is 4.47. The summed E-state index contributed by atoms with van der Waals surface area (Å²) in [6, 6.07) is -0.590. The Morgan fingerprint density at radius 2 is 1.76 bits per heavy atom. The molecule has 2 aliphatic heterocycles. The van der Waals surface area contributed by atoms with Crippen molar-refractivity contribution in [2.75, 3.05) is 6.61 Å². The summed E-state index contributed by atoms with van der Waals surface area (Å²) in [5.74, 6) is 0.421. The van der Waals surface area contributed by atoms with Crippen LogP contribution in [0.3, 0.4) is 0 Å². The molecule has 0 bridgehead atoms. The molecule has 3 radical (unpaired) electrons. The van der Waals surface area contributed by atoms with Crippen molar-refractivity contribution in [3.63, 3.8) is 0 Å². The maximum Gasteiger partial charge on any atom is 0.227 e. The number of hydrogen-bond donors (Lipinski definition) is 3. The van der Waals surface area contributed by atoms with Gasteiger partial charge in [-0.05, 0) is 0 Å². The summed E-state index contributed by atoms with van der Waals surface area (Å²) in [7, 11) is 0. The van der Waals surface area contributed by atoms with Gasteiger partial charge in [0, 0.05) is 139 Å². The molecule has 2 rings (SSSR count). The number of ether oxygens (including phenoxy) is 2. The van der Waals surface area contributed by atoms with E-state index in [1.54, 1.807) is 6.92 Å². The van der Waals surface area contributed by atoms with Crippen LogP contribution in [0.1, 0.15) is 6.92 Å². The average Bonchev–Trinajstić information content (AvgIpc) is 2.52. The van der Waals surface area contributed by atoms with Gasteiger partial charge in [0.25, 0.3) is 0 Å². The van der Waals surface area contributed by atoms with Crippen LogP contribution in [0.15, 0.2) is 4.99 Å². The third kappa shape index (κ3) is 5.40. The number of aliphatic hydroxyl groups excluding tert-OH is 3. The Balaban J connectivity index is 0. The molecule has 0 aromatic heterocycles. The topological polar surface area (TPSA) is 91.5 Å². The number of aliphatic hydroxyl groups is 3. The van der Waals surface area contributed by atoms with Gasteiger partial charge in [0.05, 0.1) is 6.61 Å². The summed E-state index contributed by atoms with van der Waals surface area (Å²) in [6.45, 7) is 1.29. The van der Waals surface area contributed by atoms with Crippen molar-refractivity contribution in [3.8, 4) is 0 Å². The minimum Gasteiger partial charge on any atom is -0.450 e. The van der Waals surface area contributed by atoms with Gasteiger partial charge >= 0.3 is 0 Å². The van der Waals surface area contributed by atoms with Crippen molar-refractivity contribution in [2.45, 2.75) is 37.6 Å². The predicted octanol–water partition coefficient (Wildman–Crippen LogP) is -1.76. The molecule has 9 heteroatoms. The second kappa shape index (κ2) is 10.4. The molecular formula is C8H13Ac3NO5. The normalized spacial score (nSPS) is 38.6. The molecule has 0 spiro atoms. The van der Waals surface area contributed by atoms with E-state index in [1.165, 1.54) is 0 Å². The molecule has 5 unspecified atom stereocenters. The molecule has 0 aromatic carbocycles. The standard InChI is InChI=1S/C8H13NO5.3Ac/c1-3-9-5-7(12)6(11)4(2-10)14-8(5)13-3;;;/h4-8,10-12H,2H2,1H3;;;. The zero-order chi connectivity index (χ0) is 10.3. The van der Waals surface area contributed by atoms with E-state index < -0.39 is 30.6 Å². The van der Waals surface area contributed by atoms with Crippen LogP contribution >= 0.6 is 0 Å². The Morgan fingerprint density at radius 1 is 1.18 bits per heavy atom. The Morgan fingerprint density at radius 3 is 2.29 bits per heavy atom. The zero-order valence-corrected chi connectivity index (χ0v) is 23.7. The van der Waals surface area contributed by atoms with E-state index in [2.05, 4.69) is 4.99 Å². The summed E-state index contributed by atoms with van der Waals surface area (Å²) < 4.78 is 10.4. The molecule has 0 amide bonds. The maximum atomic E-state index is 9.64. The van der Waals surface area contributed by atoms with E-state index in [4.69, 9.17) is 14.6 Å². The quantitative estimate of drug-likeness (QED) is 0.291. The van der Waals surface area contributed by atoms with Crippen molar-refractivity contribution in [1.29, 1.82) is 0 Å². The van der Waals surface area contributed by atoms with Gasteiger partial charge in [-0.15, -0.1) is 0 Å². The van der Waals surface area contributed by atoms with E-state index in [0.29, 0.717) is 5.90 Å². The fourth-order valence-electron chi connectivity index (χ4n) is 1.71. The third-order valence-corrected chi connectivity index (χ3v) is 2.47. The Kier molecular flexibility index (Phi) is 14.0. The van der Waals surface area contributed by atoms with Crippen LogP contribution in [-0.2, 0) is 9.47 Å². The largest absolute Gasteiger partial charge is 0.450 e. The van der Waals surface area contributed by atoms with E-state index in [0.717, 1.165) is 0 Å².